The zero-order valence-corrected chi connectivity index (χ0v) is 9.33. The molecule has 0 spiro atoms. The smallest absolute Gasteiger partial charge is 0.289 e. The Morgan fingerprint density at radius 2 is 2.33 bits per heavy atom. The quantitative estimate of drug-likeness (QED) is 0.747. The molecular weight excluding hydrogens is 194 g/mol. The predicted octanol–water partition coefficient (Wildman–Crippen LogP) is 0.568. The fraction of sp³-hybridized carbons (Fsp3) is 0.600. The van der Waals surface area contributed by atoms with Crippen LogP contribution in [0.2, 0.25) is 0 Å². The molecule has 1 rings (SSSR count). The van der Waals surface area contributed by atoms with Crippen molar-refractivity contribution in [1.29, 1.82) is 0 Å². The molecule has 1 heterocycles. The van der Waals surface area contributed by atoms with Crippen molar-refractivity contribution in [3.63, 3.8) is 0 Å². The standard InChI is InChI=1S/C10H17N3O2/c1-7(4-11-3)5-12-10(14)9-8(2)13-6-15-9/h6-7,11H,4-5H2,1-3H3,(H,12,14). The van der Waals surface area contributed by atoms with Crippen molar-refractivity contribution in [1.82, 2.24) is 15.6 Å². The van der Waals surface area contributed by atoms with E-state index in [1.807, 2.05) is 7.05 Å². The number of nitrogens with one attached hydrogen (secondary N) is 2. The van der Waals surface area contributed by atoms with Crippen LogP contribution in [0.4, 0.5) is 0 Å². The minimum Gasteiger partial charge on any atom is -0.438 e. The first-order valence-corrected chi connectivity index (χ1v) is 4.98. The van der Waals surface area contributed by atoms with Crippen LogP contribution in [0.25, 0.3) is 0 Å². The molecule has 0 aliphatic heterocycles. The van der Waals surface area contributed by atoms with Gasteiger partial charge in [0.05, 0.1) is 5.69 Å². The van der Waals surface area contributed by atoms with Crippen molar-refractivity contribution in [3.8, 4) is 0 Å². The van der Waals surface area contributed by atoms with Gasteiger partial charge in [-0.3, -0.25) is 4.79 Å². The molecule has 1 aromatic rings. The Morgan fingerprint density at radius 3 is 2.87 bits per heavy atom. The minimum atomic E-state index is -0.201. The fourth-order valence-electron chi connectivity index (χ4n) is 1.29. The van der Waals surface area contributed by atoms with E-state index in [4.69, 9.17) is 4.42 Å². The maximum Gasteiger partial charge on any atom is 0.289 e. The first kappa shape index (κ1) is 11.7. The molecule has 0 bridgehead atoms. The van der Waals surface area contributed by atoms with Gasteiger partial charge in [0.15, 0.2) is 6.39 Å². The molecule has 15 heavy (non-hydrogen) atoms. The molecule has 84 valence electrons. The Morgan fingerprint density at radius 1 is 1.60 bits per heavy atom. The van der Waals surface area contributed by atoms with Crippen LogP contribution in [-0.2, 0) is 0 Å². The summed E-state index contributed by atoms with van der Waals surface area (Å²) < 4.78 is 4.98. The lowest BCUT2D eigenvalue weighted by atomic mass is 10.2. The molecule has 5 heteroatoms. The Balaban J connectivity index is 2.40. The fourth-order valence-corrected chi connectivity index (χ4v) is 1.29. The zero-order valence-electron chi connectivity index (χ0n) is 9.33. The first-order chi connectivity index (χ1) is 7.15. The number of rotatable bonds is 5. The van der Waals surface area contributed by atoms with Gasteiger partial charge in [0.1, 0.15) is 0 Å². The summed E-state index contributed by atoms with van der Waals surface area (Å²) in [5.41, 5.74) is 0.619. The number of aryl methyl sites for hydroxylation is 1. The SMILES string of the molecule is CNCC(C)CNC(=O)c1ocnc1C. The van der Waals surface area contributed by atoms with Gasteiger partial charge in [-0.2, -0.15) is 0 Å². The molecule has 1 atom stereocenters. The molecule has 2 N–H and O–H groups in total. The average Bonchev–Trinajstić information content (AvgIpc) is 2.61. The summed E-state index contributed by atoms with van der Waals surface area (Å²) in [4.78, 5) is 15.4. The molecule has 0 aromatic carbocycles. The average molecular weight is 211 g/mol. The Kier molecular flexibility index (Phi) is 4.30. The van der Waals surface area contributed by atoms with E-state index in [9.17, 15) is 4.79 Å². The van der Waals surface area contributed by atoms with Crippen LogP contribution in [0.1, 0.15) is 23.2 Å². The molecule has 5 nitrogen and oxygen atoms in total. The first-order valence-electron chi connectivity index (χ1n) is 4.98. The molecule has 0 aliphatic carbocycles. The van der Waals surface area contributed by atoms with Gasteiger partial charge < -0.3 is 15.1 Å². The molecule has 1 unspecified atom stereocenters. The highest BCUT2D eigenvalue weighted by Gasteiger charge is 2.13. The number of hydrogen-bond donors (Lipinski definition) is 2. The molecule has 0 aliphatic rings. The van der Waals surface area contributed by atoms with Crippen LogP contribution in [0.5, 0.6) is 0 Å². The largest absolute Gasteiger partial charge is 0.438 e. The van der Waals surface area contributed by atoms with Gasteiger partial charge in [-0.15, -0.1) is 0 Å². The van der Waals surface area contributed by atoms with Crippen LogP contribution in [0.3, 0.4) is 0 Å². The number of aromatic nitrogens is 1. The third-order valence-corrected chi connectivity index (χ3v) is 2.12. The van der Waals surface area contributed by atoms with E-state index in [-0.39, 0.29) is 5.91 Å². The summed E-state index contributed by atoms with van der Waals surface area (Å²) >= 11 is 0. The maximum absolute atomic E-state index is 11.6. The van der Waals surface area contributed by atoms with E-state index in [0.29, 0.717) is 23.9 Å². The third kappa shape index (κ3) is 3.36. The number of nitrogens with zero attached hydrogens (tertiary/aromatic N) is 1. The second-order valence-corrected chi connectivity index (χ2v) is 3.64. The normalized spacial score (nSPS) is 12.5. The van der Waals surface area contributed by atoms with Crippen molar-refractivity contribution < 1.29 is 9.21 Å². The molecule has 0 saturated heterocycles. The summed E-state index contributed by atoms with van der Waals surface area (Å²) in [7, 11) is 1.89. The van der Waals surface area contributed by atoms with Gasteiger partial charge in [0, 0.05) is 6.54 Å². The number of hydrogen-bond acceptors (Lipinski definition) is 4. The van der Waals surface area contributed by atoms with E-state index in [2.05, 4.69) is 22.5 Å². The van der Waals surface area contributed by atoms with Crippen molar-refractivity contribution in [2.45, 2.75) is 13.8 Å². The van der Waals surface area contributed by atoms with Crippen molar-refractivity contribution >= 4 is 5.91 Å². The summed E-state index contributed by atoms with van der Waals surface area (Å²) in [5.74, 6) is 0.488. The second-order valence-electron chi connectivity index (χ2n) is 3.64. The molecule has 0 fully saturated rings. The highest BCUT2D eigenvalue weighted by Crippen LogP contribution is 2.04. The topological polar surface area (TPSA) is 67.2 Å². The zero-order chi connectivity index (χ0) is 11.3. The van der Waals surface area contributed by atoms with Gasteiger partial charge in [0.25, 0.3) is 5.91 Å². The van der Waals surface area contributed by atoms with Crippen molar-refractivity contribution in [3.05, 3.63) is 17.8 Å². The molecule has 0 saturated carbocycles. The van der Waals surface area contributed by atoms with Crippen LogP contribution >= 0.6 is 0 Å². The van der Waals surface area contributed by atoms with E-state index in [1.54, 1.807) is 6.92 Å². The lowest BCUT2D eigenvalue weighted by Gasteiger charge is -2.10. The Bertz CT molecular complexity index is 322. The predicted molar refractivity (Wildman–Crippen MR) is 56.7 cm³/mol. The lowest BCUT2D eigenvalue weighted by Crippen LogP contribution is -2.32. The highest BCUT2D eigenvalue weighted by molar-refractivity contribution is 5.92. The van der Waals surface area contributed by atoms with Crippen LogP contribution in [-0.4, -0.2) is 31.0 Å². The molecule has 1 aromatic heterocycles. The maximum atomic E-state index is 11.6. The van der Waals surface area contributed by atoms with Crippen LogP contribution in [0, 0.1) is 12.8 Å². The Labute approximate surface area is 89.3 Å². The molecular formula is C10H17N3O2. The second kappa shape index (κ2) is 5.50. The van der Waals surface area contributed by atoms with E-state index >= 15 is 0 Å². The van der Waals surface area contributed by atoms with Gasteiger partial charge >= 0.3 is 0 Å². The van der Waals surface area contributed by atoms with E-state index in [1.165, 1.54) is 6.39 Å². The highest BCUT2D eigenvalue weighted by atomic mass is 16.3. The third-order valence-electron chi connectivity index (χ3n) is 2.12. The summed E-state index contributed by atoms with van der Waals surface area (Å²) in [6, 6.07) is 0. The molecule has 0 radical (unpaired) electrons. The van der Waals surface area contributed by atoms with Crippen molar-refractivity contribution in [2.75, 3.05) is 20.1 Å². The number of amides is 1. The van der Waals surface area contributed by atoms with Crippen molar-refractivity contribution in [2.24, 2.45) is 5.92 Å². The number of carbonyl (C=O) groups excluding carboxylic acids is 1. The summed E-state index contributed by atoms with van der Waals surface area (Å²) in [5, 5.41) is 5.85. The monoisotopic (exact) mass is 211 g/mol. The number of oxazole rings is 1. The van der Waals surface area contributed by atoms with Gasteiger partial charge in [0.2, 0.25) is 5.76 Å². The van der Waals surface area contributed by atoms with Gasteiger partial charge in [-0.25, -0.2) is 4.98 Å². The van der Waals surface area contributed by atoms with Crippen LogP contribution in [0.15, 0.2) is 10.8 Å². The van der Waals surface area contributed by atoms with Gasteiger partial charge in [-0.05, 0) is 26.4 Å². The minimum absolute atomic E-state index is 0.201. The lowest BCUT2D eigenvalue weighted by molar-refractivity contribution is 0.0919. The van der Waals surface area contributed by atoms with E-state index < -0.39 is 0 Å². The van der Waals surface area contributed by atoms with E-state index in [0.717, 1.165) is 6.54 Å². The Hall–Kier alpha value is -1.36. The van der Waals surface area contributed by atoms with Gasteiger partial charge in [-0.1, -0.05) is 6.92 Å². The molecule has 1 amide bonds. The number of carbonyl (C=O) groups is 1. The summed E-state index contributed by atoms with van der Waals surface area (Å²) in [6.45, 7) is 5.30. The van der Waals surface area contributed by atoms with Crippen LogP contribution < -0.4 is 10.6 Å². The summed E-state index contributed by atoms with van der Waals surface area (Å²) in [6.07, 6.45) is 1.28.